The number of hydrogen-bond acceptors (Lipinski definition) is 4. The standard InChI is InChI=1S/C22H25N3O2/c26-22(23-11-14-25-12-5-2-6-13-25)18-9-10-19-20(16-18)27-21(24-19)15-17-7-3-1-4-8-17/h1,3-4,7-10,16H,2,5-6,11-15H2,(H,23,26). The van der Waals surface area contributed by atoms with E-state index in [4.69, 9.17) is 4.42 Å². The van der Waals surface area contributed by atoms with E-state index >= 15 is 0 Å². The Kier molecular flexibility index (Phi) is 5.49. The molecule has 1 N–H and O–H groups in total. The van der Waals surface area contributed by atoms with Crippen molar-refractivity contribution in [1.82, 2.24) is 15.2 Å². The summed E-state index contributed by atoms with van der Waals surface area (Å²) in [5.41, 5.74) is 3.21. The molecule has 0 atom stereocenters. The van der Waals surface area contributed by atoms with Crippen molar-refractivity contribution in [3.8, 4) is 0 Å². The molecule has 0 unspecified atom stereocenters. The average molecular weight is 363 g/mol. The summed E-state index contributed by atoms with van der Waals surface area (Å²) in [4.78, 5) is 19.4. The van der Waals surface area contributed by atoms with Gasteiger partial charge in [-0.05, 0) is 49.7 Å². The van der Waals surface area contributed by atoms with Gasteiger partial charge in [-0.2, -0.15) is 0 Å². The van der Waals surface area contributed by atoms with Crippen molar-refractivity contribution < 1.29 is 9.21 Å². The molecule has 1 saturated heterocycles. The predicted molar refractivity (Wildman–Crippen MR) is 106 cm³/mol. The minimum absolute atomic E-state index is 0.0603. The van der Waals surface area contributed by atoms with Gasteiger partial charge in [-0.25, -0.2) is 4.98 Å². The van der Waals surface area contributed by atoms with Gasteiger partial charge in [0.25, 0.3) is 5.91 Å². The van der Waals surface area contributed by atoms with E-state index in [0.29, 0.717) is 30.0 Å². The summed E-state index contributed by atoms with van der Waals surface area (Å²) in [6.07, 6.45) is 4.50. The van der Waals surface area contributed by atoms with Crippen molar-refractivity contribution in [3.05, 3.63) is 65.5 Å². The number of fused-ring (bicyclic) bond motifs is 1. The van der Waals surface area contributed by atoms with Crippen LogP contribution < -0.4 is 5.32 Å². The Balaban J connectivity index is 1.37. The van der Waals surface area contributed by atoms with Crippen LogP contribution in [0.2, 0.25) is 0 Å². The molecule has 1 aliphatic heterocycles. The van der Waals surface area contributed by atoms with Gasteiger partial charge in [-0.1, -0.05) is 36.8 Å². The SMILES string of the molecule is O=C(NCCN1CCCCC1)c1ccc2nc(Cc3ccccc3)oc2c1. The average Bonchev–Trinajstić information content (AvgIpc) is 3.11. The maximum absolute atomic E-state index is 12.4. The maximum Gasteiger partial charge on any atom is 0.251 e. The van der Waals surface area contributed by atoms with Gasteiger partial charge < -0.3 is 14.6 Å². The summed E-state index contributed by atoms with van der Waals surface area (Å²) in [6.45, 7) is 3.87. The van der Waals surface area contributed by atoms with Crippen LogP contribution in [0.15, 0.2) is 52.9 Å². The molecule has 0 aliphatic carbocycles. The lowest BCUT2D eigenvalue weighted by atomic mass is 10.1. The van der Waals surface area contributed by atoms with Gasteiger partial charge in [0.1, 0.15) is 5.52 Å². The highest BCUT2D eigenvalue weighted by atomic mass is 16.3. The first-order valence-corrected chi connectivity index (χ1v) is 9.72. The van der Waals surface area contributed by atoms with E-state index in [1.54, 1.807) is 6.07 Å². The highest BCUT2D eigenvalue weighted by Gasteiger charge is 2.13. The molecule has 5 heteroatoms. The first-order chi connectivity index (χ1) is 13.3. The molecule has 0 radical (unpaired) electrons. The number of amides is 1. The Bertz CT molecular complexity index is 898. The molecule has 4 rings (SSSR count). The summed E-state index contributed by atoms with van der Waals surface area (Å²) in [7, 11) is 0. The summed E-state index contributed by atoms with van der Waals surface area (Å²) in [5, 5.41) is 3.01. The van der Waals surface area contributed by atoms with Crippen LogP contribution in [-0.2, 0) is 6.42 Å². The van der Waals surface area contributed by atoms with Gasteiger partial charge in [-0.3, -0.25) is 4.79 Å². The normalized spacial score (nSPS) is 15.1. The number of nitrogens with one attached hydrogen (secondary N) is 1. The summed E-state index contributed by atoms with van der Waals surface area (Å²) < 4.78 is 5.86. The molecule has 140 valence electrons. The zero-order chi connectivity index (χ0) is 18.5. The smallest absolute Gasteiger partial charge is 0.251 e. The Hall–Kier alpha value is -2.66. The number of carbonyl (C=O) groups excluding carboxylic acids is 1. The molecule has 1 amide bonds. The molecule has 0 bridgehead atoms. The van der Waals surface area contributed by atoms with Crippen molar-refractivity contribution in [2.75, 3.05) is 26.2 Å². The quantitative estimate of drug-likeness (QED) is 0.726. The summed E-state index contributed by atoms with van der Waals surface area (Å²) in [6, 6.07) is 15.6. The number of nitrogens with zero attached hydrogens (tertiary/aromatic N) is 2. The Morgan fingerprint density at radius 1 is 1.07 bits per heavy atom. The molecular formula is C22H25N3O2. The number of oxazole rings is 1. The van der Waals surface area contributed by atoms with Crippen LogP contribution in [0.3, 0.4) is 0 Å². The fraction of sp³-hybridized carbons (Fsp3) is 0.364. The Morgan fingerprint density at radius 2 is 1.89 bits per heavy atom. The largest absolute Gasteiger partial charge is 0.440 e. The number of carbonyl (C=O) groups is 1. The van der Waals surface area contributed by atoms with E-state index in [-0.39, 0.29) is 5.91 Å². The van der Waals surface area contributed by atoms with Crippen molar-refractivity contribution in [3.63, 3.8) is 0 Å². The number of aromatic nitrogens is 1. The zero-order valence-corrected chi connectivity index (χ0v) is 15.5. The van der Waals surface area contributed by atoms with Gasteiger partial charge >= 0.3 is 0 Å². The molecule has 2 aromatic carbocycles. The summed E-state index contributed by atoms with van der Waals surface area (Å²) >= 11 is 0. The summed E-state index contributed by atoms with van der Waals surface area (Å²) in [5.74, 6) is 0.605. The van der Waals surface area contributed by atoms with E-state index in [9.17, 15) is 4.79 Å². The number of hydrogen-bond donors (Lipinski definition) is 1. The van der Waals surface area contributed by atoms with Crippen LogP contribution in [0, 0.1) is 0 Å². The van der Waals surface area contributed by atoms with Crippen molar-refractivity contribution in [2.24, 2.45) is 0 Å². The molecule has 0 saturated carbocycles. The van der Waals surface area contributed by atoms with Gasteiger partial charge in [0, 0.05) is 25.1 Å². The van der Waals surface area contributed by atoms with Crippen molar-refractivity contribution in [1.29, 1.82) is 0 Å². The number of piperidine rings is 1. The molecule has 1 aliphatic rings. The first kappa shape index (κ1) is 17.7. The lowest BCUT2D eigenvalue weighted by Gasteiger charge is -2.26. The molecule has 1 aromatic heterocycles. The Labute approximate surface area is 159 Å². The number of rotatable bonds is 6. The minimum Gasteiger partial charge on any atom is -0.440 e. The minimum atomic E-state index is -0.0603. The second kappa shape index (κ2) is 8.35. The predicted octanol–water partition coefficient (Wildman–Crippen LogP) is 3.63. The number of likely N-dealkylation sites (tertiary alicyclic amines) is 1. The van der Waals surface area contributed by atoms with E-state index in [0.717, 1.165) is 30.7 Å². The molecule has 0 spiro atoms. The molecular weight excluding hydrogens is 338 g/mol. The molecule has 3 aromatic rings. The first-order valence-electron chi connectivity index (χ1n) is 9.72. The van der Waals surface area contributed by atoms with Crippen LogP contribution >= 0.6 is 0 Å². The van der Waals surface area contributed by atoms with Gasteiger partial charge in [0.2, 0.25) is 0 Å². The zero-order valence-electron chi connectivity index (χ0n) is 15.5. The third-order valence-electron chi connectivity index (χ3n) is 5.06. The van der Waals surface area contributed by atoms with E-state index in [1.165, 1.54) is 19.3 Å². The lowest BCUT2D eigenvalue weighted by molar-refractivity contribution is 0.0946. The van der Waals surface area contributed by atoms with Crippen molar-refractivity contribution >= 4 is 17.0 Å². The second-order valence-electron chi connectivity index (χ2n) is 7.11. The lowest BCUT2D eigenvalue weighted by Crippen LogP contribution is -2.37. The molecule has 2 heterocycles. The van der Waals surface area contributed by atoms with Crippen LogP contribution in [0.1, 0.15) is 41.1 Å². The van der Waals surface area contributed by atoms with E-state index in [2.05, 4.69) is 27.3 Å². The highest BCUT2D eigenvalue weighted by Crippen LogP contribution is 2.19. The van der Waals surface area contributed by atoms with Crippen LogP contribution in [0.4, 0.5) is 0 Å². The van der Waals surface area contributed by atoms with Crippen molar-refractivity contribution in [2.45, 2.75) is 25.7 Å². The number of benzene rings is 2. The molecule has 1 fully saturated rings. The van der Waals surface area contributed by atoms with Gasteiger partial charge in [0.05, 0.1) is 0 Å². The monoisotopic (exact) mass is 363 g/mol. The Morgan fingerprint density at radius 3 is 2.70 bits per heavy atom. The van der Waals surface area contributed by atoms with Crippen LogP contribution in [-0.4, -0.2) is 42.0 Å². The second-order valence-corrected chi connectivity index (χ2v) is 7.11. The van der Waals surface area contributed by atoms with E-state index < -0.39 is 0 Å². The fourth-order valence-electron chi connectivity index (χ4n) is 3.57. The fourth-order valence-corrected chi connectivity index (χ4v) is 3.57. The van der Waals surface area contributed by atoms with Gasteiger partial charge in [0.15, 0.2) is 11.5 Å². The van der Waals surface area contributed by atoms with Crippen LogP contribution in [0.5, 0.6) is 0 Å². The van der Waals surface area contributed by atoms with E-state index in [1.807, 2.05) is 30.3 Å². The maximum atomic E-state index is 12.4. The van der Waals surface area contributed by atoms with Crippen LogP contribution in [0.25, 0.3) is 11.1 Å². The van der Waals surface area contributed by atoms with Gasteiger partial charge in [-0.15, -0.1) is 0 Å². The highest BCUT2D eigenvalue weighted by molar-refractivity contribution is 5.97. The topological polar surface area (TPSA) is 58.4 Å². The molecule has 27 heavy (non-hydrogen) atoms. The third kappa shape index (κ3) is 4.55. The molecule has 5 nitrogen and oxygen atoms in total. The third-order valence-corrected chi connectivity index (χ3v) is 5.06.